The zero-order valence-electron chi connectivity index (χ0n) is 16.2. The molecule has 0 saturated heterocycles. The summed E-state index contributed by atoms with van der Waals surface area (Å²) in [7, 11) is 0. The first kappa shape index (κ1) is 20.4. The Balaban J connectivity index is 1.56. The number of carbonyl (C=O) groups excluding carboxylic acids is 1. The number of amides is 1. The SMILES string of the molecule is Cc1cc(C=CC(=O)NCc2ccc(OC(F)F)cc2)c(C)n1Cc1ccco1. The van der Waals surface area contributed by atoms with Gasteiger partial charge in [-0.25, -0.2) is 0 Å². The molecular weight excluding hydrogens is 378 g/mol. The molecule has 29 heavy (non-hydrogen) atoms. The number of benzene rings is 1. The van der Waals surface area contributed by atoms with Crippen molar-refractivity contribution in [2.45, 2.75) is 33.5 Å². The van der Waals surface area contributed by atoms with Gasteiger partial charge in [0, 0.05) is 24.0 Å². The number of halogens is 2. The van der Waals surface area contributed by atoms with Crippen molar-refractivity contribution in [3.8, 4) is 5.75 Å². The number of alkyl halides is 2. The van der Waals surface area contributed by atoms with Crippen molar-refractivity contribution in [2.75, 3.05) is 0 Å². The average Bonchev–Trinajstić information content (AvgIpc) is 3.29. The van der Waals surface area contributed by atoms with Crippen molar-refractivity contribution in [3.63, 3.8) is 0 Å². The molecule has 1 N–H and O–H groups in total. The van der Waals surface area contributed by atoms with Gasteiger partial charge in [0.05, 0.1) is 12.8 Å². The zero-order valence-corrected chi connectivity index (χ0v) is 16.2. The van der Waals surface area contributed by atoms with E-state index < -0.39 is 6.61 Å². The second kappa shape index (κ2) is 9.23. The van der Waals surface area contributed by atoms with E-state index in [1.165, 1.54) is 18.2 Å². The van der Waals surface area contributed by atoms with E-state index in [0.29, 0.717) is 6.54 Å². The van der Waals surface area contributed by atoms with Gasteiger partial charge < -0.3 is 19.0 Å². The minimum atomic E-state index is -2.85. The Bertz CT molecular complexity index is 974. The van der Waals surface area contributed by atoms with Crippen molar-refractivity contribution < 1.29 is 22.7 Å². The lowest BCUT2D eigenvalue weighted by atomic mass is 10.2. The van der Waals surface area contributed by atoms with Crippen LogP contribution in [0.2, 0.25) is 0 Å². The Morgan fingerprint density at radius 3 is 2.66 bits per heavy atom. The van der Waals surface area contributed by atoms with Crippen LogP contribution in [0, 0.1) is 13.8 Å². The molecule has 0 aliphatic heterocycles. The van der Waals surface area contributed by atoms with Gasteiger partial charge in [0.25, 0.3) is 0 Å². The second-order valence-corrected chi connectivity index (χ2v) is 6.57. The van der Waals surface area contributed by atoms with Gasteiger partial charge >= 0.3 is 6.61 Å². The van der Waals surface area contributed by atoms with Crippen LogP contribution in [0.25, 0.3) is 6.08 Å². The van der Waals surface area contributed by atoms with Crippen molar-refractivity contribution in [2.24, 2.45) is 0 Å². The number of furan rings is 1. The molecule has 152 valence electrons. The molecule has 0 bridgehead atoms. The van der Waals surface area contributed by atoms with Crippen molar-refractivity contribution in [1.82, 2.24) is 9.88 Å². The fraction of sp³-hybridized carbons (Fsp3) is 0.227. The molecule has 2 heterocycles. The molecule has 0 spiro atoms. The molecule has 5 nitrogen and oxygen atoms in total. The highest BCUT2D eigenvalue weighted by Crippen LogP contribution is 2.19. The Labute approximate surface area is 167 Å². The van der Waals surface area contributed by atoms with Gasteiger partial charge in [-0.05, 0) is 61.4 Å². The Kier molecular flexibility index (Phi) is 6.49. The van der Waals surface area contributed by atoms with E-state index in [4.69, 9.17) is 4.42 Å². The average molecular weight is 400 g/mol. The summed E-state index contributed by atoms with van der Waals surface area (Å²) in [5.74, 6) is 0.707. The number of carbonyl (C=O) groups is 1. The van der Waals surface area contributed by atoms with E-state index in [-0.39, 0.29) is 18.2 Å². The van der Waals surface area contributed by atoms with Crippen LogP contribution in [0.15, 0.2) is 59.2 Å². The van der Waals surface area contributed by atoms with E-state index in [9.17, 15) is 13.6 Å². The number of ether oxygens (including phenoxy) is 1. The summed E-state index contributed by atoms with van der Waals surface area (Å²) in [6.45, 7) is 2.07. The van der Waals surface area contributed by atoms with Crippen molar-refractivity contribution in [3.05, 3.63) is 83.1 Å². The van der Waals surface area contributed by atoms with Crippen molar-refractivity contribution in [1.29, 1.82) is 0 Å². The third-order valence-electron chi connectivity index (χ3n) is 4.54. The second-order valence-electron chi connectivity index (χ2n) is 6.57. The topological polar surface area (TPSA) is 56.4 Å². The van der Waals surface area contributed by atoms with Crippen LogP contribution < -0.4 is 10.1 Å². The molecule has 3 aromatic rings. The minimum absolute atomic E-state index is 0.0832. The fourth-order valence-electron chi connectivity index (χ4n) is 3.00. The zero-order chi connectivity index (χ0) is 20.8. The fourth-order valence-corrected chi connectivity index (χ4v) is 3.00. The van der Waals surface area contributed by atoms with Crippen LogP contribution >= 0.6 is 0 Å². The maximum atomic E-state index is 12.2. The summed E-state index contributed by atoms with van der Waals surface area (Å²) in [6.07, 6.45) is 4.90. The lowest BCUT2D eigenvalue weighted by molar-refractivity contribution is -0.116. The number of hydrogen-bond donors (Lipinski definition) is 1. The van der Waals surface area contributed by atoms with Gasteiger partial charge in [-0.1, -0.05) is 12.1 Å². The minimum Gasteiger partial charge on any atom is -0.467 e. The first-order chi connectivity index (χ1) is 13.9. The predicted octanol–water partition coefficient (Wildman–Crippen LogP) is 4.68. The van der Waals surface area contributed by atoms with Crippen LogP contribution in [-0.4, -0.2) is 17.1 Å². The molecule has 2 aromatic heterocycles. The summed E-state index contributed by atoms with van der Waals surface area (Å²) >= 11 is 0. The van der Waals surface area contributed by atoms with Gasteiger partial charge in [-0.3, -0.25) is 4.79 Å². The smallest absolute Gasteiger partial charge is 0.387 e. The molecule has 0 aliphatic carbocycles. The maximum absolute atomic E-state index is 12.2. The van der Waals surface area contributed by atoms with Gasteiger partial charge in [-0.15, -0.1) is 0 Å². The van der Waals surface area contributed by atoms with E-state index in [1.807, 2.05) is 32.0 Å². The number of nitrogens with zero attached hydrogens (tertiary/aromatic N) is 1. The first-order valence-electron chi connectivity index (χ1n) is 9.11. The van der Waals surface area contributed by atoms with Gasteiger partial charge in [0.1, 0.15) is 11.5 Å². The summed E-state index contributed by atoms with van der Waals surface area (Å²) in [4.78, 5) is 12.1. The summed E-state index contributed by atoms with van der Waals surface area (Å²) in [5.41, 5.74) is 3.85. The third-order valence-corrected chi connectivity index (χ3v) is 4.54. The highest BCUT2D eigenvalue weighted by molar-refractivity contribution is 5.91. The van der Waals surface area contributed by atoms with E-state index in [1.54, 1.807) is 24.5 Å². The quantitative estimate of drug-likeness (QED) is 0.559. The molecule has 0 fully saturated rings. The standard InChI is InChI=1S/C22H22F2N2O3/c1-15-12-18(16(2)26(15)14-20-4-3-11-28-20)7-10-21(27)25-13-17-5-8-19(9-6-17)29-22(23)24/h3-12,22H,13-14H2,1-2H3,(H,25,27). The largest absolute Gasteiger partial charge is 0.467 e. The van der Waals surface area contributed by atoms with E-state index >= 15 is 0 Å². The van der Waals surface area contributed by atoms with Crippen LogP contribution in [0.3, 0.4) is 0 Å². The van der Waals surface area contributed by atoms with Gasteiger partial charge in [0.15, 0.2) is 0 Å². The molecule has 0 radical (unpaired) electrons. The monoisotopic (exact) mass is 400 g/mol. The number of nitrogens with one attached hydrogen (secondary N) is 1. The summed E-state index contributed by atoms with van der Waals surface area (Å²) in [5, 5.41) is 2.77. The Hall–Kier alpha value is -3.35. The molecule has 0 unspecified atom stereocenters. The maximum Gasteiger partial charge on any atom is 0.387 e. The van der Waals surface area contributed by atoms with E-state index in [0.717, 1.165) is 28.3 Å². The number of hydrogen-bond acceptors (Lipinski definition) is 3. The molecule has 3 rings (SSSR count). The summed E-state index contributed by atoms with van der Waals surface area (Å²) in [6, 6.07) is 11.9. The molecule has 0 saturated carbocycles. The number of aryl methyl sites for hydroxylation is 1. The lowest BCUT2D eigenvalue weighted by Gasteiger charge is -2.07. The van der Waals surface area contributed by atoms with Crippen molar-refractivity contribution >= 4 is 12.0 Å². The number of rotatable bonds is 8. The molecule has 1 aromatic carbocycles. The summed E-state index contributed by atoms with van der Waals surface area (Å²) < 4.78 is 36.1. The lowest BCUT2D eigenvalue weighted by Crippen LogP contribution is -2.20. The first-order valence-corrected chi connectivity index (χ1v) is 9.11. The van der Waals surface area contributed by atoms with Crippen LogP contribution in [0.1, 0.15) is 28.3 Å². The molecule has 7 heteroatoms. The predicted molar refractivity (Wildman–Crippen MR) is 106 cm³/mol. The molecule has 0 aliphatic rings. The molecular formula is C22H22F2N2O3. The molecule has 0 atom stereocenters. The van der Waals surface area contributed by atoms with Crippen LogP contribution in [0.5, 0.6) is 5.75 Å². The van der Waals surface area contributed by atoms with Gasteiger partial charge in [-0.2, -0.15) is 8.78 Å². The van der Waals surface area contributed by atoms with Gasteiger partial charge in [0.2, 0.25) is 5.91 Å². The highest BCUT2D eigenvalue weighted by Gasteiger charge is 2.09. The molecule has 1 amide bonds. The van der Waals surface area contributed by atoms with Crippen LogP contribution in [-0.2, 0) is 17.9 Å². The van der Waals surface area contributed by atoms with Crippen LogP contribution in [0.4, 0.5) is 8.78 Å². The Morgan fingerprint density at radius 2 is 2.00 bits per heavy atom. The normalized spacial score (nSPS) is 11.3. The number of aromatic nitrogens is 1. The third kappa shape index (κ3) is 5.57. The Morgan fingerprint density at radius 1 is 1.24 bits per heavy atom. The van der Waals surface area contributed by atoms with E-state index in [2.05, 4.69) is 14.6 Å². The highest BCUT2D eigenvalue weighted by atomic mass is 19.3.